The molecule has 1 aromatic carbocycles. The van der Waals surface area contributed by atoms with Gasteiger partial charge in [-0.1, -0.05) is 28.4 Å². The zero-order valence-electron chi connectivity index (χ0n) is 8.21. The Morgan fingerprint density at radius 2 is 1.71 bits per heavy atom. The molecule has 0 saturated heterocycles. The molecular formula is C10H6Cl2F3NO. The molecule has 7 heteroatoms. The molecule has 17 heavy (non-hydrogen) atoms. The van der Waals surface area contributed by atoms with Crippen molar-refractivity contribution in [1.29, 1.82) is 0 Å². The minimum absolute atomic E-state index is 0.272. The Hall–Kier alpha value is -0.940. The first-order valence-electron chi connectivity index (χ1n) is 4.60. The number of nitrogens with zero attached hydrogens (tertiary/aromatic N) is 1. The molecule has 0 bridgehead atoms. The number of halogens is 5. The number of oxime groups is 1. The van der Waals surface area contributed by atoms with Crippen LogP contribution in [-0.4, -0.2) is 18.5 Å². The molecule has 0 radical (unpaired) electrons. The summed E-state index contributed by atoms with van der Waals surface area (Å²) in [4.78, 5) is 4.32. The summed E-state index contributed by atoms with van der Waals surface area (Å²) in [5, 5.41) is 3.76. The van der Waals surface area contributed by atoms with Gasteiger partial charge in [0, 0.05) is 10.0 Å². The van der Waals surface area contributed by atoms with Crippen molar-refractivity contribution in [2.75, 3.05) is 0 Å². The highest BCUT2D eigenvalue weighted by atomic mass is 35.5. The molecule has 0 aliphatic carbocycles. The van der Waals surface area contributed by atoms with Gasteiger partial charge in [0.1, 0.15) is 0 Å². The quantitative estimate of drug-likeness (QED) is 0.763. The smallest absolute Gasteiger partial charge is 0.382 e. The summed E-state index contributed by atoms with van der Waals surface area (Å²) in [7, 11) is 0. The van der Waals surface area contributed by atoms with Crippen LogP contribution in [0.5, 0.6) is 0 Å². The van der Waals surface area contributed by atoms with Crippen LogP contribution in [0.1, 0.15) is 11.5 Å². The van der Waals surface area contributed by atoms with Gasteiger partial charge in [0.05, 0.1) is 12.1 Å². The highest BCUT2D eigenvalue weighted by Crippen LogP contribution is 2.37. The molecule has 0 N–H and O–H groups in total. The summed E-state index contributed by atoms with van der Waals surface area (Å²) in [5.74, 6) is -1.02. The first-order valence-corrected chi connectivity index (χ1v) is 5.35. The first kappa shape index (κ1) is 12.5. The van der Waals surface area contributed by atoms with Gasteiger partial charge in [0.25, 0.3) is 0 Å². The zero-order chi connectivity index (χ0) is 12.6. The second-order valence-corrected chi connectivity index (χ2v) is 4.42. The maximum absolute atomic E-state index is 12.6. The van der Waals surface area contributed by atoms with Gasteiger partial charge >= 0.3 is 6.18 Å². The van der Waals surface area contributed by atoms with E-state index in [1.54, 1.807) is 0 Å². The lowest BCUT2D eigenvalue weighted by Gasteiger charge is -2.19. The van der Waals surface area contributed by atoms with Gasteiger partial charge in [0.2, 0.25) is 6.10 Å². The monoisotopic (exact) mass is 283 g/mol. The van der Waals surface area contributed by atoms with Crippen LogP contribution >= 0.6 is 23.2 Å². The van der Waals surface area contributed by atoms with Crippen molar-refractivity contribution >= 4 is 29.4 Å². The third-order valence-electron chi connectivity index (χ3n) is 2.31. The minimum Gasteiger partial charge on any atom is -0.382 e. The molecule has 0 saturated carbocycles. The van der Waals surface area contributed by atoms with Crippen molar-refractivity contribution in [2.45, 2.75) is 18.2 Å². The summed E-state index contributed by atoms with van der Waals surface area (Å²) < 4.78 is 37.9. The molecule has 0 amide bonds. The molecule has 1 aliphatic rings. The normalized spacial score (nSPS) is 23.8. The molecule has 2 rings (SSSR count). The Bertz CT molecular complexity index is 441. The zero-order valence-corrected chi connectivity index (χ0v) is 9.72. The second kappa shape index (κ2) is 4.38. The first-order chi connectivity index (χ1) is 7.88. The maximum atomic E-state index is 12.6. The van der Waals surface area contributed by atoms with Crippen LogP contribution in [0.2, 0.25) is 10.0 Å². The van der Waals surface area contributed by atoms with E-state index < -0.39 is 18.2 Å². The fraction of sp³-hybridized carbons (Fsp3) is 0.300. The number of hydrogen-bond donors (Lipinski definition) is 0. The molecule has 0 fully saturated rings. The molecular weight excluding hydrogens is 278 g/mol. The van der Waals surface area contributed by atoms with Gasteiger partial charge in [-0.25, -0.2) is 0 Å². The summed E-state index contributed by atoms with van der Waals surface area (Å²) in [6.07, 6.45) is -5.38. The van der Waals surface area contributed by atoms with Gasteiger partial charge in [-0.3, -0.25) is 0 Å². The lowest BCUT2D eigenvalue weighted by molar-refractivity contribution is -0.216. The van der Waals surface area contributed by atoms with E-state index in [0.717, 1.165) is 6.21 Å². The minimum atomic E-state index is -4.49. The van der Waals surface area contributed by atoms with E-state index in [-0.39, 0.29) is 10.0 Å². The van der Waals surface area contributed by atoms with Gasteiger partial charge in [0.15, 0.2) is 0 Å². The topological polar surface area (TPSA) is 21.6 Å². The molecule has 92 valence electrons. The van der Waals surface area contributed by atoms with E-state index in [9.17, 15) is 13.2 Å². The van der Waals surface area contributed by atoms with Crippen LogP contribution in [-0.2, 0) is 4.84 Å². The van der Waals surface area contributed by atoms with E-state index in [2.05, 4.69) is 9.99 Å². The van der Waals surface area contributed by atoms with Gasteiger partial charge in [-0.15, -0.1) is 0 Å². The van der Waals surface area contributed by atoms with E-state index in [4.69, 9.17) is 23.2 Å². The Morgan fingerprint density at radius 3 is 2.24 bits per heavy atom. The standard InChI is InChI=1S/C10H6Cl2F3NO/c11-6-1-5(2-7(12)3-6)8-4-16-17-9(8)10(13,14)15/h1-4,8-9H. The molecule has 2 unspecified atom stereocenters. The van der Waals surface area contributed by atoms with Crippen LogP contribution < -0.4 is 0 Å². The van der Waals surface area contributed by atoms with E-state index in [1.165, 1.54) is 18.2 Å². The van der Waals surface area contributed by atoms with Crippen molar-refractivity contribution in [2.24, 2.45) is 5.16 Å². The van der Waals surface area contributed by atoms with Crippen LogP contribution in [0, 0.1) is 0 Å². The highest BCUT2D eigenvalue weighted by molar-refractivity contribution is 6.34. The third-order valence-corrected chi connectivity index (χ3v) is 2.75. The van der Waals surface area contributed by atoms with Crippen molar-refractivity contribution in [3.05, 3.63) is 33.8 Å². The SMILES string of the molecule is FC(F)(F)C1ON=CC1c1cc(Cl)cc(Cl)c1. The van der Waals surface area contributed by atoms with E-state index in [0.29, 0.717) is 5.56 Å². The molecule has 2 nitrogen and oxygen atoms in total. The largest absolute Gasteiger partial charge is 0.429 e. The fourth-order valence-electron chi connectivity index (χ4n) is 1.60. The van der Waals surface area contributed by atoms with Crippen LogP contribution in [0.25, 0.3) is 0 Å². The lowest BCUT2D eigenvalue weighted by atomic mass is 9.95. The van der Waals surface area contributed by atoms with E-state index in [1.807, 2.05) is 0 Å². The molecule has 0 spiro atoms. The molecule has 1 aliphatic heterocycles. The van der Waals surface area contributed by atoms with Gasteiger partial charge in [-0.2, -0.15) is 13.2 Å². The van der Waals surface area contributed by atoms with Crippen molar-refractivity contribution in [3.63, 3.8) is 0 Å². The lowest BCUT2D eigenvalue weighted by Crippen LogP contribution is -2.33. The average Bonchev–Trinajstić information content (AvgIpc) is 2.63. The Morgan fingerprint density at radius 1 is 1.12 bits per heavy atom. The average molecular weight is 284 g/mol. The predicted molar refractivity (Wildman–Crippen MR) is 58.6 cm³/mol. The Labute approximate surface area is 105 Å². The fourth-order valence-corrected chi connectivity index (χ4v) is 2.14. The van der Waals surface area contributed by atoms with Crippen LogP contribution in [0.15, 0.2) is 23.4 Å². The number of rotatable bonds is 1. The summed E-state index contributed by atoms with van der Waals surface area (Å²) >= 11 is 11.5. The molecule has 2 atom stereocenters. The highest BCUT2D eigenvalue weighted by Gasteiger charge is 2.49. The number of hydrogen-bond acceptors (Lipinski definition) is 2. The predicted octanol–water partition coefficient (Wildman–Crippen LogP) is 4.02. The van der Waals surface area contributed by atoms with Gasteiger partial charge in [-0.05, 0) is 23.8 Å². The van der Waals surface area contributed by atoms with Crippen LogP contribution in [0.4, 0.5) is 13.2 Å². The molecule has 1 aromatic rings. The van der Waals surface area contributed by atoms with Crippen molar-refractivity contribution in [1.82, 2.24) is 0 Å². The van der Waals surface area contributed by atoms with Crippen molar-refractivity contribution in [3.8, 4) is 0 Å². The summed E-state index contributed by atoms with van der Waals surface area (Å²) in [6, 6.07) is 4.28. The third kappa shape index (κ3) is 2.66. The molecule has 1 heterocycles. The van der Waals surface area contributed by atoms with Crippen molar-refractivity contribution < 1.29 is 18.0 Å². The number of alkyl halides is 3. The Kier molecular flexibility index (Phi) is 3.23. The number of benzene rings is 1. The van der Waals surface area contributed by atoms with Gasteiger partial charge < -0.3 is 4.84 Å². The maximum Gasteiger partial charge on any atom is 0.429 e. The second-order valence-electron chi connectivity index (χ2n) is 3.55. The van der Waals surface area contributed by atoms with Crippen LogP contribution in [0.3, 0.4) is 0 Å². The van der Waals surface area contributed by atoms with E-state index >= 15 is 0 Å². The Balaban J connectivity index is 2.35. The summed E-state index contributed by atoms with van der Waals surface area (Å²) in [6.45, 7) is 0. The summed E-state index contributed by atoms with van der Waals surface area (Å²) in [5.41, 5.74) is 0.325. The molecule has 0 aromatic heterocycles.